The minimum absolute atomic E-state index is 0.00402. The van der Waals surface area contributed by atoms with Gasteiger partial charge in [-0.1, -0.05) is 0 Å². The summed E-state index contributed by atoms with van der Waals surface area (Å²) in [5, 5.41) is 0. The maximum Gasteiger partial charge on any atom is 0.251 e. The molecule has 5 heteroatoms. The molecule has 0 aliphatic rings. The number of carbonyl (C=O) groups is 1. The predicted octanol–water partition coefficient (Wildman–Crippen LogP) is 0.533. The van der Waals surface area contributed by atoms with Gasteiger partial charge in [0.2, 0.25) is 0 Å². The van der Waals surface area contributed by atoms with E-state index in [-0.39, 0.29) is 5.91 Å². The average molecular weight is 233 g/mol. The number of ether oxygens (including phenoxy) is 3. The first-order valence-corrected chi connectivity index (χ1v) is 5.46. The number of hydrogen-bond acceptors (Lipinski definition) is 4. The van der Waals surface area contributed by atoms with Gasteiger partial charge in [0.1, 0.15) is 6.10 Å². The molecule has 0 radical (unpaired) electrons. The Balaban J connectivity index is 4.12. The predicted molar refractivity (Wildman–Crippen MR) is 61.4 cm³/mol. The van der Waals surface area contributed by atoms with Crippen molar-refractivity contribution >= 4 is 5.91 Å². The third-order valence-corrected chi connectivity index (χ3v) is 2.35. The molecular weight excluding hydrogens is 210 g/mol. The van der Waals surface area contributed by atoms with Gasteiger partial charge in [-0.3, -0.25) is 4.79 Å². The highest BCUT2D eigenvalue weighted by molar-refractivity contribution is 5.80. The number of amides is 1. The fourth-order valence-corrected chi connectivity index (χ4v) is 1.29. The third-order valence-electron chi connectivity index (χ3n) is 2.35. The quantitative estimate of drug-likeness (QED) is 0.545. The van der Waals surface area contributed by atoms with Crippen LogP contribution in [0.3, 0.4) is 0 Å². The minimum Gasteiger partial charge on any atom is -0.385 e. The van der Waals surface area contributed by atoms with Crippen molar-refractivity contribution in [2.45, 2.75) is 19.4 Å². The van der Waals surface area contributed by atoms with Gasteiger partial charge in [-0.05, 0) is 13.3 Å². The summed E-state index contributed by atoms with van der Waals surface area (Å²) in [4.78, 5) is 13.6. The lowest BCUT2D eigenvalue weighted by molar-refractivity contribution is -0.141. The van der Waals surface area contributed by atoms with Gasteiger partial charge in [-0.2, -0.15) is 0 Å². The molecule has 0 saturated carbocycles. The van der Waals surface area contributed by atoms with Gasteiger partial charge in [0.25, 0.3) is 5.91 Å². The van der Waals surface area contributed by atoms with Crippen LogP contribution in [0.15, 0.2) is 0 Å². The van der Waals surface area contributed by atoms with Gasteiger partial charge in [0.05, 0.1) is 6.61 Å². The number of methoxy groups -OCH3 is 3. The normalized spacial score (nSPS) is 12.5. The van der Waals surface area contributed by atoms with E-state index in [0.717, 1.165) is 6.42 Å². The average Bonchev–Trinajstić information content (AvgIpc) is 2.31. The Bertz CT molecular complexity index is 187. The lowest BCUT2D eigenvalue weighted by Gasteiger charge is -2.24. The molecule has 0 N–H and O–H groups in total. The van der Waals surface area contributed by atoms with E-state index in [9.17, 15) is 4.79 Å². The van der Waals surface area contributed by atoms with Crippen LogP contribution in [0.1, 0.15) is 13.3 Å². The highest BCUT2D eigenvalue weighted by atomic mass is 16.5. The van der Waals surface area contributed by atoms with Gasteiger partial charge in [0, 0.05) is 41.0 Å². The van der Waals surface area contributed by atoms with E-state index in [0.29, 0.717) is 26.3 Å². The lowest BCUT2D eigenvalue weighted by Crippen LogP contribution is -2.41. The molecule has 1 amide bonds. The summed E-state index contributed by atoms with van der Waals surface area (Å²) in [5.41, 5.74) is 0. The van der Waals surface area contributed by atoms with Crippen molar-refractivity contribution in [1.29, 1.82) is 0 Å². The number of carbonyl (C=O) groups excluding carboxylic acids is 1. The monoisotopic (exact) mass is 233 g/mol. The second kappa shape index (κ2) is 9.57. The van der Waals surface area contributed by atoms with Crippen molar-refractivity contribution in [2.24, 2.45) is 0 Å². The largest absolute Gasteiger partial charge is 0.385 e. The molecule has 0 aromatic carbocycles. The molecule has 0 aromatic rings. The fraction of sp³-hybridized carbons (Fsp3) is 0.909. The molecular formula is C11H23NO4. The maximum absolute atomic E-state index is 11.9. The standard InChI is InChI=1S/C11H23NO4/c1-10(16-4)11(13)12(7-9-15-3)6-5-8-14-2/h10H,5-9H2,1-4H3. The zero-order valence-corrected chi connectivity index (χ0v) is 10.7. The van der Waals surface area contributed by atoms with E-state index < -0.39 is 6.10 Å². The first-order valence-electron chi connectivity index (χ1n) is 5.46. The van der Waals surface area contributed by atoms with Crippen molar-refractivity contribution in [2.75, 3.05) is 47.6 Å². The molecule has 0 aliphatic heterocycles. The fourth-order valence-electron chi connectivity index (χ4n) is 1.29. The first kappa shape index (κ1) is 15.3. The first-order chi connectivity index (χ1) is 7.67. The van der Waals surface area contributed by atoms with Crippen molar-refractivity contribution in [1.82, 2.24) is 4.90 Å². The van der Waals surface area contributed by atoms with Crippen molar-refractivity contribution in [3.8, 4) is 0 Å². The molecule has 0 spiro atoms. The van der Waals surface area contributed by atoms with E-state index in [2.05, 4.69) is 0 Å². The topological polar surface area (TPSA) is 48.0 Å². The van der Waals surface area contributed by atoms with Crippen molar-refractivity contribution in [3.05, 3.63) is 0 Å². The van der Waals surface area contributed by atoms with E-state index in [4.69, 9.17) is 14.2 Å². The van der Waals surface area contributed by atoms with Gasteiger partial charge in [-0.15, -0.1) is 0 Å². The van der Waals surface area contributed by atoms with Crippen LogP contribution in [-0.4, -0.2) is 64.5 Å². The second-order valence-electron chi connectivity index (χ2n) is 3.54. The minimum atomic E-state index is -0.403. The third kappa shape index (κ3) is 6.05. The van der Waals surface area contributed by atoms with E-state index in [1.165, 1.54) is 7.11 Å². The van der Waals surface area contributed by atoms with E-state index >= 15 is 0 Å². The summed E-state index contributed by atoms with van der Waals surface area (Å²) in [5.74, 6) is -0.00402. The number of hydrogen-bond donors (Lipinski definition) is 0. The zero-order valence-electron chi connectivity index (χ0n) is 10.7. The van der Waals surface area contributed by atoms with Crippen LogP contribution >= 0.6 is 0 Å². The molecule has 1 unspecified atom stereocenters. The maximum atomic E-state index is 11.9. The molecule has 0 heterocycles. The van der Waals surface area contributed by atoms with Crippen LogP contribution < -0.4 is 0 Å². The Morgan fingerprint density at radius 1 is 1.12 bits per heavy atom. The molecule has 1 atom stereocenters. The van der Waals surface area contributed by atoms with Crippen LogP contribution in [0.5, 0.6) is 0 Å². The summed E-state index contributed by atoms with van der Waals surface area (Å²) in [6.07, 6.45) is 0.418. The van der Waals surface area contributed by atoms with Gasteiger partial charge >= 0.3 is 0 Å². The van der Waals surface area contributed by atoms with Crippen molar-refractivity contribution in [3.63, 3.8) is 0 Å². The van der Waals surface area contributed by atoms with Gasteiger partial charge in [0.15, 0.2) is 0 Å². The Labute approximate surface area is 97.7 Å². The molecule has 16 heavy (non-hydrogen) atoms. The molecule has 0 fully saturated rings. The molecule has 5 nitrogen and oxygen atoms in total. The highest BCUT2D eigenvalue weighted by Crippen LogP contribution is 2.00. The molecule has 0 aliphatic carbocycles. The Morgan fingerprint density at radius 2 is 1.75 bits per heavy atom. The number of rotatable bonds is 9. The molecule has 0 saturated heterocycles. The Kier molecular flexibility index (Phi) is 9.18. The second-order valence-corrected chi connectivity index (χ2v) is 3.54. The molecule has 96 valence electrons. The Hall–Kier alpha value is -0.650. The zero-order chi connectivity index (χ0) is 12.4. The van der Waals surface area contributed by atoms with Gasteiger partial charge < -0.3 is 19.1 Å². The Morgan fingerprint density at radius 3 is 2.25 bits per heavy atom. The summed E-state index contributed by atoms with van der Waals surface area (Å²) in [6.45, 7) is 4.20. The van der Waals surface area contributed by atoms with Crippen LogP contribution in [0.25, 0.3) is 0 Å². The lowest BCUT2D eigenvalue weighted by atomic mass is 10.3. The van der Waals surface area contributed by atoms with E-state index in [1.54, 1.807) is 26.0 Å². The summed E-state index contributed by atoms with van der Waals surface area (Å²) < 4.78 is 15.0. The van der Waals surface area contributed by atoms with Crippen LogP contribution in [0.2, 0.25) is 0 Å². The SMILES string of the molecule is COCCCN(CCOC)C(=O)C(C)OC. The summed E-state index contributed by atoms with van der Waals surface area (Å²) in [7, 11) is 4.81. The summed E-state index contributed by atoms with van der Waals surface area (Å²) >= 11 is 0. The van der Waals surface area contributed by atoms with Crippen molar-refractivity contribution < 1.29 is 19.0 Å². The molecule has 0 bridgehead atoms. The summed E-state index contributed by atoms with van der Waals surface area (Å²) in [6, 6.07) is 0. The van der Waals surface area contributed by atoms with Crippen LogP contribution in [-0.2, 0) is 19.0 Å². The number of nitrogens with zero attached hydrogens (tertiary/aromatic N) is 1. The molecule has 0 rings (SSSR count). The van der Waals surface area contributed by atoms with Crippen LogP contribution in [0, 0.1) is 0 Å². The highest BCUT2D eigenvalue weighted by Gasteiger charge is 2.19. The van der Waals surface area contributed by atoms with Crippen LogP contribution in [0.4, 0.5) is 0 Å². The molecule has 0 aromatic heterocycles. The van der Waals surface area contributed by atoms with E-state index in [1.807, 2.05) is 0 Å². The van der Waals surface area contributed by atoms with Gasteiger partial charge in [-0.25, -0.2) is 0 Å². The smallest absolute Gasteiger partial charge is 0.251 e.